The lowest BCUT2D eigenvalue weighted by atomic mass is 9.99. The van der Waals surface area contributed by atoms with Crippen LogP contribution in [0.15, 0.2) is 30.3 Å². The number of aromatic nitrogens is 2. The van der Waals surface area contributed by atoms with E-state index in [4.69, 9.17) is 4.74 Å². The van der Waals surface area contributed by atoms with E-state index in [0.29, 0.717) is 13.2 Å². The Labute approximate surface area is 130 Å². The van der Waals surface area contributed by atoms with Gasteiger partial charge in [-0.1, -0.05) is 17.7 Å². The molecular formula is C17H21N3O2. The summed E-state index contributed by atoms with van der Waals surface area (Å²) in [5.74, 6) is 0.796. The van der Waals surface area contributed by atoms with Crippen LogP contribution in [0, 0.1) is 19.8 Å². The van der Waals surface area contributed by atoms with Crippen LogP contribution >= 0.6 is 0 Å². The van der Waals surface area contributed by atoms with Crippen LogP contribution < -0.4 is 5.32 Å². The van der Waals surface area contributed by atoms with Gasteiger partial charge in [0.05, 0.1) is 11.4 Å². The topological polar surface area (TPSA) is 56.2 Å². The Bertz CT molecular complexity index is 655. The third-order valence-corrected chi connectivity index (χ3v) is 3.95. The van der Waals surface area contributed by atoms with Crippen molar-refractivity contribution in [1.82, 2.24) is 9.78 Å². The minimum atomic E-state index is 0.0235. The second-order valence-electron chi connectivity index (χ2n) is 5.79. The SMILES string of the molecule is Cc1ccc(-n2nc(C)cc2NC(=O)C2CCOCC2)cc1. The van der Waals surface area contributed by atoms with Crippen molar-refractivity contribution in [3.8, 4) is 5.69 Å². The van der Waals surface area contributed by atoms with Gasteiger partial charge in [0.1, 0.15) is 5.82 Å². The van der Waals surface area contributed by atoms with E-state index in [-0.39, 0.29) is 11.8 Å². The molecule has 0 radical (unpaired) electrons. The Morgan fingerprint density at radius 1 is 1.23 bits per heavy atom. The van der Waals surface area contributed by atoms with E-state index in [0.717, 1.165) is 30.0 Å². The van der Waals surface area contributed by atoms with Gasteiger partial charge in [0.25, 0.3) is 0 Å². The number of rotatable bonds is 3. The molecule has 0 saturated carbocycles. The number of amides is 1. The lowest BCUT2D eigenvalue weighted by Gasteiger charge is -2.21. The summed E-state index contributed by atoms with van der Waals surface area (Å²) < 4.78 is 7.09. The molecule has 2 aromatic rings. The van der Waals surface area contributed by atoms with Crippen molar-refractivity contribution in [2.45, 2.75) is 26.7 Å². The minimum absolute atomic E-state index is 0.0235. The van der Waals surface area contributed by atoms with Crippen molar-refractivity contribution < 1.29 is 9.53 Å². The van der Waals surface area contributed by atoms with E-state index in [1.807, 2.05) is 44.2 Å². The van der Waals surface area contributed by atoms with Gasteiger partial charge in [-0.2, -0.15) is 5.10 Å². The fraction of sp³-hybridized carbons (Fsp3) is 0.412. The van der Waals surface area contributed by atoms with Gasteiger partial charge >= 0.3 is 0 Å². The highest BCUT2D eigenvalue weighted by Gasteiger charge is 2.22. The average Bonchev–Trinajstić information content (AvgIpc) is 2.89. The molecule has 1 aromatic heterocycles. The van der Waals surface area contributed by atoms with E-state index in [1.54, 1.807) is 4.68 Å². The van der Waals surface area contributed by atoms with Gasteiger partial charge < -0.3 is 10.1 Å². The van der Waals surface area contributed by atoms with Crippen LogP contribution in [-0.4, -0.2) is 28.9 Å². The largest absolute Gasteiger partial charge is 0.381 e. The molecular weight excluding hydrogens is 278 g/mol. The van der Waals surface area contributed by atoms with Crippen molar-refractivity contribution >= 4 is 11.7 Å². The quantitative estimate of drug-likeness (QED) is 0.948. The number of nitrogens with zero attached hydrogens (tertiary/aromatic N) is 2. The summed E-state index contributed by atoms with van der Waals surface area (Å²) >= 11 is 0. The molecule has 0 spiro atoms. The molecule has 0 unspecified atom stereocenters. The zero-order chi connectivity index (χ0) is 15.5. The van der Waals surface area contributed by atoms with E-state index < -0.39 is 0 Å². The smallest absolute Gasteiger partial charge is 0.228 e. The Morgan fingerprint density at radius 3 is 2.59 bits per heavy atom. The van der Waals surface area contributed by atoms with Crippen molar-refractivity contribution in [2.75, 3.05) is 18.5 Å². The van der Waals surface area contributed by atoms with E-state index in [1.165, 1.54) is 5.56 Å². The molecule has 1 fully saturated rings. The number of anilines is 1. The standard InChI is InChI=1S/C17H21N3O2/c1-12-3-5-15(6-4-12)20-16(11-13(2)19-20)18-17(21)14-7-9-22-10-8-14/h3-6,11,14H,7-10H2,1-2H3,(H,18,21). The highest BCUT2D eigenvalue weighted by Crippen LogP contribution is 2.21. The number of aryl methyl sites for hydroxylation is 2. The van der Waals surface area contributed by atoms with Crippen LogP contribution in [0.25, 0.3) is 5.69 Å². The molecule has 1 amide bonds. The fourth-order valence-corrected chi connectivity index (χ4v) is 2.66. The van der Waals surface area contributed by atoms with E-state index in [9.17, 15) is 4.79 Å². The zero-order valence-electron chi connectivity index (χ0n) is 13.0. The third-order valence-electron chi connectivity index (χ3n) is 3.95. The first kappa shape index (κ1) is 14.8. The maximum atomic E-state index is 12.4. The van der Waals surface area contributed by atoms with Crippen molar-refractivity contribution in [1.29, 1.82) is 0 Å². The van der Waals surface area contributed by atoms with Crippen molar-refractivity contribution in [3.63, 3.8) is 0 Å². The highest BCUT2D eigenvalue weighted by atomic mass is 16.5. The summed E-state index contributed by atoms with van der Waals surface area (Å²) in [6.07, 6.45) is 1.56. The minimum Gasteiger partial charge on any atom is -0.381 e. The number of benzene rings is 1. The summed E-state index contributed by atoms with van der Waals surface area (Å²) in [5.41, 5.74) is 3.02. The van der Waals surface area contributed by atoms with Crippen LogP contribution in [0.4, 0.5) is 5.82 Å². The summed E-state index contributed by atoms with van der Waals surface area (Å²) in [6, 6.07) is 9.99. The average molecular weight is 299 g/mol. The molecule has 5 nitrogen and oxygen atoms in total. The Hall–Kier alpha value is -2.14. The Morgan fingerprint density at radius 2 is 1.91 bits per heavy atom. The number of ether oxygens (including phenoxy) is 1. The molecule has 22 heavy (non-hydrogen) atoms. The number of nitrogens with one attached hydrogen (secondary N) is 1. The summed E-state index contributed by atoms with van der Waals surface area (Å²) in [7, 11) is 0. The molecule has 0 aliphatic carbocycles. The summed E-state index contributed by atoms with van der Waals surface area (Å²) in [6.45, 7) is 5.30. The van der Waals surface area contributed by atoms with E-state index >= 15 is 0 Å². The first-order valence-corrected chi connectivity index (χ1v) is 7.66. The second-order valence-corrected chi connectivity index (χ2v) is 5.79. The van der Waals surface area contributed by atoms with Crippen LogP contribution in [0.1, 0.15) is 24.1 Å². The van der Waals surface area contributed by atoms with Crippen LogP contribution in [-0.2, 0) is 9.53 Å². The molecule has 0 atom stereocenters. The maximum absolute atomic E-state index is 12.4. The van der Waals surface area contributed by atoms with Gasteiger partial charge in [-0.3, -0.25) is 4.79 Å². The lowest BCUT2D eigenvalue weighted by Crippen LogP contribution is -2.29. The van der Waals surface area contributed by atoms with E-state index in [2.05, 4.69) is 10.4 Å². The molecule has 116 valence electrons. The van der Waals surface area contributed by atoms with Crippen LogP contribution in [0.2, 0.25) is 0 Å². The molecule has 5 heteroatoms. The zero-order valence-corrected chi connectivity index (χ0v) is 13.0. The Kier molecular flexibility index (Phi) is 4.24. The third kappa shape index (κ3) is 3.20. The molecule has 2 heterocycles. The van der Waals surface area contributed by atoms with Crippen molar-refractivity contribution in [2.24, 2.45) is 5.92 Å². The molecule has 1 aliphatic rings. The predicted octanol–water partition coefficient (Wildman–Crippen LogP) is 2.85. The van der Waals surface area contributed by atoms with Gasteiger partial charge in [0, 0.05) is 25.2 Å². The molecule has 3 rings (SSSR count). The lowest BCUT2D eigenvalue weighted by molar-refractivity contribution is -0.122. The second kappa shape index (κ2) is 6.32. The summed E-state index contributed by atoms with van der Waals surface area (Å²) in [4.78, 5) is 12.4. The van der Waals surface area contributed by atoms with Crippen molar-refractivity contribution in [3.05, 3.63) is 41.6 Å². The number of hydrogen-bond donors (Lipinski definition) is 1. The van der Waals surface area contributed by atoms with Gasteiger partial charge in [-0.25, -0.2) is 4.68 Å². The number of carbonyl (C=O) groups excluding carboxylic acids is 1. The Balaban J connectivity index is 1.81. The first-order valence-electron chi connectivity index (χ1n) is 7.66. The number of hydrogen-bond acceptors (Lipinski definition) is 3. The fourth-order valence-electron chi connectivity index (χ4n) is 2.66. The molecule has 1 aromatic carbocycles. The maximum Gasteiger partial charge on any atom is 0.228 e. The van der Waals surface area contributed by atoms with Gasteiger partial charge in [-0.05, 0) is 38.8 Å². The van der Waals surface area contributed by atoms with Gasteiger partial charge in [-0.15, -0.1) is 0 Å². The normalized spacial score (nSPS) is 15.7. The van der Waals surface area contributed by atoms with Gasteiger partial charge in [0.15, 0.2) is 0 Å². The molecule has 1 N–H and O–H groups in total. The summed E-state index contributed by atoms with van der Waals surface area (Å²) in [5, 5.41) is 7.51. The molecule has 0 bridgehead atoms. The van der Waals surface area contributed by atoms with Gasteiger partial charge in [0.2, 0.25) is 5.91 Å². The van der Waals surface area contributed by atoms with Crippen LogP contribution in [0.3, 0.4) is 0 Å². The van der Waals surface area contributed by atoms with Crippen LogP contribution in [0.5, 0.6) is 0 Å². The monoisotopic (exact) mass is 299 g/mol. The molecule has 1 aliphatic heterocycles. The predicted molar refractivity (Wildman–Crippen MR) is 85.2 cm³/mol. The highest BCUT2D eigenvalue weighted by molar-refractivity contribution is 5.92. The first-order chi connectivity index (χ1) is 10.6. The number of carbonyl (C=O) groups is 1. The molecule has 1 saturated heterocycles.